The molecule has 2 atom stereocenters. The number of piperidine rings is 1. The van der Waals surface area contributed by atoms with E-state index in [0.29, 0.717) is 26.1 Å². The van der Waals surface area contributed by atoms with Crippen molar-refractivity contribution >= 4 is 5.78 Å². The monoisotopic (exact) mass is 313 g/mol. The van der Waals surface area contributed by atoms with Crippen molar-refractivity contribution in [2.75, 3.05) is 13.2 Å². The summed E-state index contributed by atoms with van der Waals surface area (Å²) in [5, 5.41) is 3.38. The number of carbonyl (C=O) groups is 1. The first-order valence-electron chi connectivity index (χ1n) is 7.45. The fourth-order valence-corrected chi connectivity index (χ4v) is 3.38. The summed E-state index contributed by atoms with van der Waals surface area (Å²) < 4.78 is 44.4. The van der Waals surface area contributed by atoms with Crippen molar-refractivity contribution in [2.24, 2.45) is 5.92 Å². The largest absolute Gasteiger partial charge is 0.416 e. The van der Waals surface area contributed by atoms with E-state index < -0.39 is 11.7 Å². The molecule has 2 aliphatic rings. The molecule has 2 bridgehead atoms. The van der Waals surface area contributed by atoms with Crippen LogP contribution in [-0.4, -0.2) is 31.1 Å². The van der Waals surface area contributed by atoms with Crippen molar-refractivity contribution in [3.8, 4) is 0 Å². The minimum absolute atomic E-state index is 0.0694. The second kappa shape index (κ2) is 6.01. The number of hydrogen-bond donors (Lipinski definition) is 1. The van der Waals surface area contributed by atoms with Crippen LogP contribution in [0.2, 0.25) is 0 Å². The summed E-state index contributed by atoms with van der Waals surface area (Å²) in [5.41, 5.74) is -0.638. The van der Waals surface area contributed by atoms with Gasteiger partial charge in [0, 0.05) is 24.4 Å². The average molecular weight is 313 g/mol. The fraction of sp³-hybridized carbons (Fsp3) is 0.562. The lowest BCUT2D eigenvalue weighted by molar-refractivity contribution is -0.138. The Morgan fingerprint density at radius 2 is 1.82 bits per heavy atom. The smallest absolute Gasteiger partial charge is 0.378 e. The molecule has 120 valence electrons. The van der Waals surface area contributed by atoms with E-state index in [1.807, 2.05) is 0 Å². The number of Topliss-reactive ketones (excluding diaryl/α,β-unsaturated/α-hetero) is 1. The molecule has 2 unspecified atom stereocenters. The molecule has 1 aromatic rings. The number of rotatable bonds is 3. The highest BCUT2D eigenvalue weighted by Gasteiger charge is 2.37. The van der Waals surface area contributed by atoms with Crippen LogP contribution < -0.4 is 5.32 Å². The third kappa shape index (κ3) is 3.33. The zero-order chi connectivity index (χ0) is 15.7. The van der Waals surface area contributed by atoms with Gasteiger partial charge in [0.2, 0.25) is 0 Å². The summed E-state index contributed by atoms with van der Waals surface area (Å²) >= 11 is 0. The predicted octanol–water partition coefficient (Wildman–Crippen LogP) is 2.58. The van der Waals surface area contributed by atoms with Crippen LogP contribution >= 0.6 is 0 Å². The predicted molar refractivity (Wildman–Crippen MR) is 74.4 cm³/mol. The molecule has 6 heteroatoms. The normalized spacial score (nSPS) is 28.4. The number of nitrogens with one attached hydrogen (secondary N) is 1. The average Bonchev–Trinajstić information content (AvgIpc) is 2.46. The van der Waals surface area contributed by atoms with E-state index in [0.717, 1.165) is 6.07 Å². The van der Waals surface area contributed by atoms with Gasteiger partial charge < -0.3 is 10.1 Å². The molecule has 0 amide bonds. The molecule has 0 saturated carbocycles. The van der Waals surface area contributed by atoms with Gasteiger partial charge in [-0.15, -0.1) is 0 Å². The standard InChI is InChI=1S/C16H18F3NO2/c17-16(18,19)14-4-2-1-3-10(14)7-15(21)11-5-12-8-22-9-13(6-11)20-12/h1-4,11-13,20H,5-9H2. The van der Waals surface area contributed by atoms with Gasteiger partial charge in [0.15, 0.2) is 0 Å². The number of ether oxygens (including phenoxy) is 1. The van der Waals surface area contributed by atoms with Crippen molar-refractivity contribution in [3.05, 3.63) is 35.4 Å². The van der Waals surface area contributed by atoms with E-state index in [2.05, 4.69) is 5.32 Å². The fourth-order valence-electron chi connectivity index (χ4n) is 3.38. The molecule has 3 nitrogen and oxygen atoms in total. The Balaban J connectivity index is 1.72. The van der Waals surface area contributed by atoms with Gasteiger partial charge in [0.05, 0.1) is 18.8 Å². The number of hydrogen-bond acceptors (Lipinski definition) is 3. The van der Waals surface area contributed by atoms with E-state index in [1.54, 1.807) is 6.07 Å². The molecule has 2 heterocycles. The highest BCUT2D eigenvalue weighted by atomic mass is 19.4. The molecule has 1 aromatic carbocycles. The number of carbonyl (C=O) groups excluding carboxylic acids is 1. The van der Waals surface area contributed by atoms with E-state index in [9.17, 15) is 18.0 Å². The first-order valence-corrected chi connectivity index (χ1v) is 7.45. The zero-order valence-corrected chi connectivity index (χ0v) is 12.0. The molecule has 0 aliphatic carbocycles. The van der Waals surface area contributed by atoms with Gasteiger partial charge >= 0.3 is 6.18 Å². The Labute approximate surface area is 126 Å². The molecule has 2 fully saturated rings. The Morgan fingerprint density at radius 1 is 1.18 bits per heavy atom. The second-order valence-corrected chi connectivity index (χ2v) is 6.06. The molecular weight excluding hydrogens is 295 g/mol. The van der Waals surface area contributed by atoms with Gasteiger partial charge in [-0.05, 0) is 24.5 Å². The van der Waals surface area contributed by atoms with Gasteiger partial charge in [-0.25, -0.2) is 0 Å². The van der Waals surface area contributed by atoms with Crippen molar-refractivity contribution in [2.45, 2.75) is 37.5 Å². The molecule has 2 aliphatic heterocycles. The number of morpholine rings is 1. The molecule has 0 radical (unpaired) electrons. The van der Waals surface area contributed by atoms with Crippen LogP contribution in [0.3, 0.4) is 0 Å². The van der Waals surface area contributed by atoms with E-state index in [-0.39, 0.29) is 35.8 Å². The number of ketones is 1. The molecular formula is C16H18F3NO2. The summed E-state index contributed by atoms with van der Waals surface area (Å²) in [6.07, 6.45) is -3.29. The van der Waals surface area contributed by atoms with Crippen molar-refractivity contribution in [3.63, 3.8) is 0 Å². The molecule has 1 N–H and O–H groups in total. The van der Waals surface area contributed by atoms with Crippen LogP contribution in [-0.2, 0) is 22.1 Å². The maximum absolute atomic E-state index is 13.0. The van der Waals surface area contributed by atoms with E-state index in [4.69, 9.17) is 4.74 Å². The highest BCUT2D eigenvalue weighted by molar-refractivity contribution is 5.83. The molecule has 2 saturated heterocycles. The topological polar surface area (TPSA) is 38.3 Å². The van der Waals surface area contributed by atoms with Crippen LogP contribution in [0.1, 0.15) is 24.0 Å². The SMILES string of the molecule is O=C(Cc1ccccc1C(F)(F)F)C1CC2COCC(C1)N2. The molecule has 0 spiro atoms. The third-order valence-electron chi connectivity index (χ3n) is 4.39. The van der Waals surface area contributed by atoms with Gasteiger partial charge in [0.1, 0.15) is 5.78 Å². The molecule has 3 rings (SSSR count). The minimum Gasteiger partial charge on any atom is -0.378 e. The van der Waals surface area contributed by atoms with Crippen LogP contribution in [0.4, 0.5) is 13.2 Å². The zero-order valence-electron chi connectivity index (χ0n) is 12.0. The van der Waals surface area contributed by atoms with Crippen LogP contribution in [0.5, 0.6) is 0 Å². The van der Waals surface area contributed by atoms with Crippen LogP contribution in [0, 0.1) is 5.92 Å². The number of alkyl halides is 3. The number of halogens is 3. The maximum atomic E-state index is 13.0. The van der Waals surface area contributed by atoms with Crippen molar-refractivity contribution < 1.29 is 22.7 Å². The summed E-state index contributed by atoms with van der Waals surface area (Å²) in [5.74, 6) is -0.281. The minimum atomic E-state index is -4.42. The van der Waals surface area contributed by atoms with Gasteiger partial charge in [0.25, 0.3) is 0 Å². The summed E-state index contributed by atoms with van der Waals surface area (Å²) in [6, 6.07) is 5.60. The maximum Gasteiger partial charge on any atom is 0.416 e. The Hall–Kier alpha value is -1.40. The van der Waals surface area contributed by atoms with E-state index >= 15 is 0 Å². The van der Waals surface area contributed by atoms with Crippen molar-refractivity contribution in [1.29, 1.82) is 0 Å². The first-order chi connectivity index (χ1) is 10.4. The van der Waals surface area contributed by atoms with Gasteiger partial charge in [-0.1, -0.05) is 18.2 Å². The first kappa shape index (κ1) is 15.5. The Kier molecular flexibility index (Phi) is 4.23. The van der Waals surface area contributed by atoms with Gasteiger partial charge in [-0.2, -0.15) is 13.2 Å². The lowest BCUT2D eigenvalue weighted by Crippen LogP contribution is -2.55. The Bertz CT molecular complexity index is 547. The summed E-state index contributed by atoms with van der Waals surface area (Å²) in [4.78, 5) is 12.4. The quantitative estimate of drug-likeness (QED) is 0.932. The molecule has 0 aromatic heterocycles. The van der Waals surface area contributed by atoms with Crippen molar-refractivity contribution in [1.82, 2.24) is 5.32 Å². The number of fused-ring (bicyclic) bond motifs is 2. The lowest BCUT2D eigenvalue weighted by atomic mass is 9.82. The van der Waals surface area contributed by atoms with Crippen LogP contribution in [0.25, 0.3) is 0 Å². The Morgan fingerprint density at radius 3 is 2.45 bits per heavy atom. The summed E-state index contributed by atoms with van der Waals surface area (Å²) in [6.45, 7) is 1.14. The third-order valence-corrected chi connectivity index (χ3v) is 4.39. The second-order valence-electron chi connectivity index (χ2n) is 6.06. The van der Waals surface area contributed by atoms with E-state index in [1.165, 1.54) is 12.1 Å². The van der Waals surface area contributed by atoms with Crippen LogP contribution in [0.15, 0.2) is 24.3 Å². The van der Waals surface area contributed by atoms with Gasteiger partial charge in [-0.3, -0.25) is 4.79 Å². The summed E-state index contributed by atoms with van der Waals surface area (Å²) in [7, 11) is 0. The lowest BCUT2D eigenvalue weighted by Gasteiger charge is -2.39. The highest BCUT2D eigenvalue weighted by Crippen LogP contribution is 2.33. The number of benzene rings is 1. The molecule has 22 heavy (non-hydrogen) atoms.